The number of hydrogen-bond donors (Lipinski definition) is 1. The zero-order valence-electron chi connectivity index (χ0n) is 13.4. The normalized spacial score (nSPS) is 11.3. The van der Waals surface area contributed by atoms with Crippen molar-refractivity contribution >= 4 is 29.4 Å². The van der Waals surface area contributed by atoms with E-state index in [1.807, 2.05) is 26.0 Å². The summed E-state index contributed by atoms with van der Waals surface area (Å²) < 4.78 is 5.28. The van der Waals surface area contributed by atoms with Crippen LogP contribution in [-0.4, -0.2) is 23.1 Å². The van der Waals surface area contributed by atoms with Crippen LogP contribution in [0.2, 0.25) is 0 Å². The molecule has 2 rings (SSSR count). The third kappa shape index (κ3) is 3.62. The summed E-state index contributed by atoms with van der Waals surface area (Å²) in [5.74, 6) is 0.710. The van der Waals surface area contributed by atoms with Crippen molar-refractivity contribution in [2.75, 3.05) is 7.05 Å². The van der Waals surface area contributed by atoms with Gasteiger partial charge in [0, 0.05) is 12.6 Å². The number of rotatable bonds is 6. The van der Waals surface area contributed by atoms with Gasteiger partial charge in [0.1, 0.15) is 15.6 Å². The maximum atomic E-state index is 11.7. The molecule has 0 aromatic carbocycles. The van der Waals surface area contributed by atoms with E-state index in [4.69, 9.17) is 4.52 Å². The molecule has 0 atom stereocenters. The molecular formula is C16H21N3O2S. The number of unbranched alkanes of at least 4 members (excludes halogenated alkanes) is 1. The Hall–Kier alpha value is -1.95. The number of thiazole rings is 1. The van der Waals surface area contributed by atoms with E-state index in [0.717, 1.165) is 47.0 Å². The van der Waals surface area contributed by atoms with Gasteiger partial charge in [0.05, 0.1) is 11.4 Å². The predicted molar refractivity (Wildman–Crippen MR) is 89.0 cm³/mol. The standard InChI is InChI=1S/C16H21N3O2S/c1-5-6-7-13-12(11(3)21-19-13)8-9-14-18-10(2)15(22-14)16(20)17-4/h8-9H,5-7H2,1-4H3,(H,17,20). The lowest BCUT2D eigenvalue weighted by Crippen LogP contribution is -2.17. The third-order valence-electron chi connectivity index (χ3n) is 3.39. The average Bonchev–Trinajstić information content (AvgIpc) is 3.05. The summed E-state index contributed by atoms with van der Waals surface area (Å²) in [4.78, 5) is 16.8. The predicted octanol–water partition coefficient (Wildman–Crippen LogP) is 3.62. The fourth-order valence-corrected chi connectivity index (χ4v) is 3.05. The summed E-state index contributed by atoms with van der Waals surface area (Å²) in [7, 11) is 1.62. The van der Waals surface area contributed by atoms with Crippen LogP contribution in [0.1, 0.15) is 57.2 Å². The summed E-state index contributed by atoms with van der Waals surface area (Å²) >= 11 is 1.38. The highest BCUT2D eigenvalue weighted by atomic mass is 32.1. The van der Waals surface area contributed by atoms with Gasteiger partial charge in [-0.2, -0.15) is 0 Å². The lowest BCUT2D eigenvalue weighted by atomic mass is 10.1. The lowest BCUT2D eigenvalue weighted by Gasteiger charge is -1.95. The molecule has 0 spiro atoms. The molecule has 0 bridgehead atoms. The monoisotopic (exact) mass is 319 g/mol. The molecule has 2 aromatic rings. The van der Waals surface area contributed by atoms with Crippen molar-refractivity contribution in [1.82, 2.24) is 15.5 Å². The van der Waals surface area contributed by atoms with Crippen LogP contribution in [0.25, 0.3) is 12.2 Å². The van der Waals surface area contributed by atoms with Gasteiger partial charge in [0.25, 0.3) is 5.91 Å². The van der Waals surface area contributed by atoms with Crippen LogP contribution in [0, 0.1) is 13.8 Å². The van der Waals surface area contributed by atoms with E-state index < -0.39 is 0 Å². The topological polar surface area (TPSA) is 68.0 Å². The van der Waals surface area contributed by atoms with Gasteiger partial charge in [0.15, 0.2) is 0 Å². The van der Waals surface area contributed by atoms with E-state index in [-0.39, 0.29) is 5.91 Å². The highest BCUT2D eigenvalue weighted by Crippen LogP contribution is 2.22. The van der Waals surface area contributed by atoms with E-state index in [1.54, 1.807) is 7.05 Å². The van der Waals surface area contributed by atoms with Gasteiger partial charge in [-0.05, 0) is 38.8 Å². The van der Waals surface area contributed by atoms with Crippen LogP contribution in [0.5, 0.6) is 0 Å². The Kier molecular flexibility index (Phi) is 5.49. The highest BCUT2D eigenvalue weighted by molar-refractivity contribution is 7.14. The Bertz CT molecular complexity index is 686. The molecule has 118 valence electrons. The van der Waals surface area contributed by atoms with Crippen LogP contribution in [0.4, 0.5) is 0 Å². The van der Waals surface area contributed by atoms with Gasteiger partial charge in [-0.15, -0.1) is 11.3 Å². The molecule has 6 heteroatoms. The fraction of sp³-hybridized carbons (Fsp3) is 0.438. The van der Waals surface area contributed by atoms with Crippen molar-refractivity contribution < 1.29 is 9.32 Å². The Morgan fingerprint density at radius 1 is 1.36 bits per heavy atom. The molecular weight excluding hydrogens is 298 g/mol. The molecule has 5 nitrogen and oxygen atoms in total. The van der Waals surface area contributed by atoms with Gasteiger partial charge in [-0.3, -0.25) is 4.79 Å². The first-order valence-corrected chi connectivity index (χ1v) is 8.21. The number of nitrogens with zero attached hydrogens (tertiary/aromatic N) is 2. The van der Waals surface area contributed by atoms with Crippen LogP contribution in [0.15, 0.2) is 4.52 Å². The number of carbonyl (C=O) groups excluding carboxylic acids is 1. The minimum atomic E-state index is -0.0977. The zero-order valence-corrected chi connectivity index (χ0v) is 14.2. The van der Waals surface area contributed by atoms with Crippen LogP contribution in [-0.2, 0) is 6.42 Å². The van der Waals surface area contributed by atoms with Crippen molar-refractivity contribution in [2.24, 2.45) is 0 Å². The SMILES string of the molecule is CCCCc1noc(C)c1C=Cc1nc(C)c(C(=O)NC)s1. The molecule has 0 fully saturated rings. The summed E-state index contributed by atoms with van der Waals surface area (Å²) in [6.07, 6.45) is 7.01. The highest BCUT2D eigenvalue weighted by Gasteiger charge is 2.13. The smallest absolute Gasteiger partial charge is 0.263 e. The van der Waals surface area contributed by atoms with Crippen molar-refractivity contribution in [3.63, 3.8) is 0 Å². The Labute approximate surface area is 134 Å². The molecule has 0 aliphatic heterocycles. The number of aryl methyl sites for hydroxylation is 3. The number of nitrogens with one attached hydrogen (secondary N) is 1. The summed E-state index contributed by atoms with van der Waals surface area (Å²) in [5, 5.41) is 7.56. The second kappa shape index (κ2) is 7.35. The molecule has 0 radical (unpaired) electrons. The number of amides is 1. The fourth-order valence-electron chi connectivity index (χ4n) is 2.13. The van der Waals surface area contributed by atoms with Gasteiger partial charge < -0.3 is 9.84 Å². The largest absolute Gasteiger partial charge is 0.361 e. The first-order chi connectivity index (χ1) is 10.6. The van der Waals surface area contributed by atoms with Crippen molar-refractivity contribution in [2.45, 2.75) is 40.0 Å². The van der Waals surface area contributed by atoms with Gasteiger partial charge in [-0.1, -0.05) is 18.5 Å². The first kappa shape index (κ1) is 16.4. The molecule has 0 saturated carbocycles. The molecule has 22 heavy (non-hydrogen) atoms. The van der Waals surface area contributed by atoms with E-state index in [0.29, 0.717) is 4.88 Å². The molecule has 0 unspecified atom stereocenters. The third-order valence-corrected chi connectivity index (χ3v) is 4.51. The minimum absolute atomic E-state index is 0.0977. The lowest BCUT2D eigenvalue weighted by molar-refractivity contribution is 0.0966. The zero-order chi connectivity index (χ0) is 16.1. The van der Waals surface area contributed by atoms with E-state index in [1.165, 1.54) is 11.3 Å². The second-order valence-corrected chi connectivity index (χ2v) is 6.11. The molecule has 2 aromatic heterocycles. The Balaban J connectivity index is 2.22. The van der Waals surface area contributed by atoms with Crippen LogP contribution >= 0.6 is 11.3 Å². The molecule has 0 aliphatic carbocycles. The second-order valence-electron chi connectivity index (χ2n) is 5.08. The average molecular weight is 319 g/mol. The van der Waals surface area contributed by atoms with Gasteiger partial charge >= 0.3 is 0 Å². The van der Waals surface area contributed by atoms with Crippen molar-refractivity contribution in [1.29, 1.82) is 0 Å². The van der Waals surface area contributed by atoms with Crippen molar-refractivity contribution in [3.05, 3.63) is 32.6 Å². The van der Waals surface area contributed by atoms with Crippen LogP contribution in [0.3, 0.4) is 0 Å². The minimum Gasteiger partial charge on any atom is -0.361 e. The number of carbonyl (C=O) groups is 1. The number of hydrogen-bond acceptors (Lipinski definition) is 5. The maximum absolute atomic E-state index is 11.7. The first-order valence-electron chi connectivity index (χ1n) is 7.39. The Morgan fingerprint density at radius 3 is 2.82 bits per heavy atom. The van der Waals surface area contributed by atoms with E-state index in [2.05, 4.69) is 22.4 Å². The maximum Gasteiger partial charge on any atom is 0.263 e. The summed E-state index contributed by atoms with van der Waals surface area (Å²) in [6, 6.07) is 0. The van der Waals surface area contributed by atoms with E-state index in [9.17, 15) is 4.79 Å². The molecule has 1 N–H and O–H groups in total. The Morgan fingerprint density at radius 2 is 2.14 bits per heavy atom. The molecule has 0 saturated heterocycles. The van der Waals surface area contributed by atoms with Gasteiger partial charge in [-0.25, -0.2) is 4.98 Å². The quantitative estimate of drug-likeness (QED) is 0.883. The molecule has 1 amide bonds. The van der Waals surface area contributed by atoms with Crippen LogP contribution < -0.4 is 5.32 Å². The molecule has 2 heterocycles. The number of aromatic nitrogens is 2. The van der Waals surface area contributed by atoms with Gasteiger partial charge in [0.2, 0.25) is 0 Å². The summed E-state index contributed by atoms with van der Waals surface area (Å²) in [6.45, 7) is 5.90. The summed E-state index contributed by atoms with van der Waals surface area (Å²) in [5.41, 5.74) is 2.75. The van der Waals surface area contributed by atoms with Crippen molar-refractivity contribution in [3.8, 4) is 0 Å². The molecule has 0 aliphatic rings. The van der Waals surface area contributed by atoms with E-state index >= 15 is 0 Å².